The lowest BCUT2D eigenvalue weighted by Crippen LogP contribution is -2.38. The third-order valence-electron chi connectivity index (χ3n) is 4.10. The maximum absolute atomic E-state index is 5.58. The number of aryl methyl sites for hydroxylation is 1. The van der Waals surface area contributed by atoms with E-state index in [2.05, 4.69) is 51.2 Å². The number of aliphatic imine (C=N–C) groups is 1. The van der Waals surface area contributed by atoms with Gasteiger partial charge in [0.05, 0.1) is 17.4 Å². The number of fused-ring (bicyclic) bond motifs is 1. The Hall–Kier alpha value is -1.35. The summed E-state index contributed by atoms with van der Waals surface area (Å²) in [5, 5.41) is 6.67. The first-order chi connectivity index (χ1) is 12.8. The zero-order chi connectivity index (χ0) is 18.5. The Kier molecular flexibility index (Phi) is 12.9. The monoisotopic (exact) mass is 487 g/mol. The van der Waals surface area contributed by atoms with Gasteiger partial charge in [-0.25, -0.2) is 4.98 Å². The Balaban J connectivity index is 0.00000364. The van der Waals surface area contributed by atoms with Gasteiger partial charge in [-0.3, -0.25) is 4.99 Å². The molecule has 0 bridgehead atoms. The second-order valence-electron chi connectivity index (χ2n) is 6.29. The number of nitrogens with one attached hydrogen (secondary N) is 2. The molecule has 6 nitrogen and oxygen atoms in total. The number of imidazole rings is 1. The molecule has 0 fully saturated rings. The van der Waals surface area contributed by atoms with Crippen molar-refractivity contribution in [3.8, 4) is 0 Å². The van der Waals surface area contributed by atoms with Gasteiger partial charge in [0.1, 0.15) is 0 Å². The summed E-state index contributed by atoms with van der Waals surface area (Å²) in [5.74, 6) is 0.886. The minimum atomic E-state index is 0. The van der Waals surface area contributed by atoms with Gasteiger partial charge in [0, 0.05) is 39.4 Å². The van der Waals surface area contributed by atoms with Crippen molar-refractivity contribution in [2.75, 3.05) is 32.8 Å². The Morgan fingerprint density at radius 3 is 2.74 bits per heavy atom. The van der Waals surface area contributed by atoms with Crippen molar-refractivity contribution in [3.63, 3.8) is 0 Å². The topological polar surface area (TPSA) is 63.5 Å². The minimum Gasteiger partial charge on any atom is -0.381 e. The van der Waals surface area contributed by atoms with Crippen LogP contribution in [0.1, 0.15) is 39.5 Å². The fourth-order valence-corrected chi connectivity index (χ4v) is 2.69. The number of hydrogen-bond donors (Lipinski definition) is 2. The maximum atomic E-state index is 5.58. The molecule has 1 aromatic heterocycles. The van der Waals surface area contributed by atoms with E-state index in [-0.39, 0.29) is 24.0 Å². The van der Waals surface area contributed by atoms with Gasteiger partial charge in [-0.1, -0.05) is 25.5 Å². The zero-order valence-electron chi connectivity index (χ0n) is 16.6. The van der Waals surface area contributed by atoms with E-state index >= 15 is 0 Å². The molecule has 0 radical (unpaired) electrons. The summed E-state index contributed by atoms with van der Waals surface area (Å²) in [6.07, 6.45) is 6.22. The summed E-state index contributed by atoms with van der Waals surface area (Å²) in [4.78, 5) is 9.09. The van der Waals surface area contributed by atoms with Crippen molar-refractivity contribution in [2.24, 2.45) is 4.99 Å². The van der Waals surface area contributed by atoms with Crippen LogP contribution in [-0.2, 0) is 11.3 Å². The lowest BCUT2D eigenvalue weighted by Gasteiger charge is -2.11. The number of hydrogen-bond acceptors (Lipinski definition) is 3. The van der Waals surface area contributed by atoms with Crippen molar-refractivity contribution in [3.05, 3.63) is 30.6 Å². The van der Waals surface area contributed by atoms with Gasteiger partial charge in [0.15, 0.2) is 5.96 Å². The van der Waals surface area contributed by atoms with Crippen molar-refractivity contribution >= 4 is 41.0 Å². The molecule has 0 unspecified atom stereocenters. The number of nitrogens with zero attached hydrogens (tertiary/aromatic N) is 3. The Bertz CT molecular complexity index is 659. The number of benzene rings is 1. The molecule has 0 aliphatic rings. The minimum absolute atomic E-state index is 0. The van der Waals surface area contributed by atoms with Crippen molar-refractivity contribution in [1.29, 1.82) is 0 Å². The number of aromatic nitrogens is 2. The highest BCUT2D eigenvalue weighted by atomic mass is 127. The number of unbranched alkanes of at least 4 members (excludes halogenated alkanes) is 1. The second-order valence-corrected chi connectivity index (χ2v) is 6.29. The van der Waals surface area contributed by atoms with Crippen LogP contribution in [0.4, 0.5) is 0 Å². The molecule has 2 N–H and O–H groups in total. The van der Waals surface area contributed by atoms with E-state index in [0.29, 0.717) is 0 Å². The zero-order valence-corrected chi connectivity index (χ0v) is 18.9. The van der Waals surface area contributed by atoms with Crippen molar-refractivity contribution < 1.29 is 4.74 Å². The average Bonchev–Trinajstić information content (AvgIpc) is 3.07. The highest BCUT2D eigenvalue weighted by Crippen LogP contribution is 2.11. The van der Waals surface area contributed by atoms with E-state index in [1.807, 2.05) is 18.5 Å². The van der Waals surface area contributed by atoms with E-state index in [0.717, 1.165) is 70.1 Å². The van der Waals surface area contributed by atoms with Crippen LogP contribution in [0, 0.1) is 0 Å². The largest absolute Gasteiger partial charge is 0.381 e. The lowest BCUT2D eigenvalue weighted by molar-refractivity contribution is 0.129. The van der Waals surface area contributed by atoms with Crippen LogP contribution in [0.5, 0.6) is 0 Å². The van der Waals surface area contributed by atoms with E-state index in [4.69, 9.17) is 4.74 Å². The van der Waals surface area contributed by atoms with Crippen LogP contribution >= 0.6 is 24.0 Å². The van der Waals surface area contributed by atoms with Crippen LogP contribution in [0.25, 0.3) is 11.0 Å². The molecular formula is C20H34IN5O. The second kappa shape index (κ2) is 14.7. The van der Waals surface area contributed by atoms with Gasteiger partial charge in [-0.05, 0) is 38.3 Å². The third kappa shape index (κ3) is 8.92. The molecule has 0 spiro atoms. The first-order valence-electron chi connectivity index (χ1n) is 9.85. The smallest absolute Gasteiger partial charge is 0.191 e. The molecule has 0 amide bonds. The fourth-order valence-electron chi connectivity index (χ4n) is 2.69. The van der Waals surface area contributed by atoms with Gasteiger partial charge in [0.25, 0.3) is 0 Å². The summed E-state index contributed by atoms with van der Waals surface area (Å²) in [6, 6.07) is 8.23. The van der Waals surface area contributed by atoms with Gasteiger partial charge in [-0.15, -0.1) is 24.0 Å². The van der Waals surface area contributed by atoms with E-state index in [1.165, 1.54) is 11.9 Å². The first kappa shape index (κ1) is 23.7. The van der Waals surface area contributed by atoms with Crippen LogP contribution in [-0.4, -0.2) is 48.4 Å². The predicted molar refractivity (Wildman–Crippen MR) is 124 cm³/mol. The SMILES string of the molecule is CCCCOCCCNC(=NCCCn1cnc2ccccc21)NCC.I. The molecule has 7 heteroatoms. The molecule has 2 aromatic rings. The van der Waals surface area contributed by atoms with Crippen LogP contribution in [0.15, 0.2) is 35.6 Å². The highest BCUT2D eigenvalue weighted by molar-refractivity contribution is 14.0. The quantitative estimate of drug-likeness (QED) is 0.207. The van der Waals surface area contributed by atoms with E-state index in [1.54, 1.807) is 0 Å². The van der Waals surface area contributed by atoms with Gasteiger partial charge < -0.3 is 19.9 Å². The van der Waals surface area contributed by atoms with Crippen LogP contribution in [0.3, 0.4) is 0 Å². The number of halogens is 1. The molecule has 152 valence electrons. The Morgan fingerprint density at radius 1 is 1.11 bits per heavy atom. The average molecular weight is 487 g/mol. The fraction of sp³-hybridized carbons (Fsp3) is 0.600. The molecule has 0 saturated carbocycles. The molecule has 0 aliphatic heterocycles. The summed E-state index contributed by atoms with van der Waals surface area (Å²) < 4.78 is 7.78. The first-order valence-corrected chi connectivity index (χ1v) is 9.85. The summed E-state index contributed by atoms with van der Waals surface area (Å²) in [5.41, 5.74) is 2.23. The van der Waals surface area contributed by atoms with Gasteiger partial charge in [-0.2, -0.15) is 0 Å². The predicted octanol–water partition coefficient (Wildman–Crippen LogP) is 3.81. The molecule has 0 saturated heterocycles. The Morgan fingerprint density at radius 2 is 1.93 bits per heavy atom. The highest BCUT2D eigenvalue weighted by Gasteiger charge is 2.01. The maximum Gasteiger partial charge on any atom is 0.191 e. The molecule has 0 aliphatic carbocycles. The van der Waals surface area contributed by atoms with Crippen LogP contribution in [0.2, 0.25) is 0 Å². The lowest BCUT2D eigenvalue weighted by atomic mass is 10.3. The normalized spacial score (nSPS) is 11.4. The molecule has 2 rings (SSSR count). The van der Waals surface area contributed by atoms with Gasteiger partial charge >= 0.3 is 0 Å². The molecule has 0 atom stereocenters. The molecule has 1 heterocycles. The van der Waals surface area contributed by atoms with Crippen molar-refractivity contribution in [2.45, 2.75) is 46.1 Å². The molecule has 1 aromatic carbocycles. The number of guanidine groups is 1. The standard InChI is InChI=1S/C20H33N5O.HI/c1-3-5-15-26-16-9-13-23-20(21-4-2)22-12-8-14-25-17-24-18-10-6-7-11-19(18)25;/h6-7,10-11,17H,3-5,8-9,12-16H2,1-2H3,(H2,21,22,23);1H. The summed E-state index contributed by atoms with van der Waals surface area (Å²) >= 11 is 0. The summed E-state index contributed by atoms with van der Waals surface area (Å²) in [7, 11) is 0. The number of para-hydroxylation sites is 2. The Labute approximate surface area is 180 Å². The number of ether oxygens (including phenoxy) is 1. The van der Waals surface area contributed by atoms with E-state index < -0.39 is 0 Å². The summed E-state index contributed by atoms with van der Waals surface area (Å²) in [6.45, 7) is 9.40. The van der Waals surface area contributed by atoms with E-state index in [9.17, 15) is 0 Å². The van der Waals surface area contributed by atoms with Crippen LogP contribution < -0.4 is 10.6 Å². The third-order valence-corrected chi connectivity index (χ3v) is 4.10. The molecular weight excluding hydrogens is 453 g/mol. The van der Waals surface area contributed by atoms with Gasteiger partial charge in [0.2, 0.25) is 0 Å². The number of rotatable bonds is 12. The van der Waals surface area contributed by atoms with Crippen molar-refractivity contribution in [1.82, 2.24) is 20.2 Å². The molecule has 27 heavy (non-hydrogen) atoms.